The van der Waals surface area contributed by atoms with Crippen molar-refractivity contribution in [2.75, 3.05) is 0 Å². The average molecular weight is 454 g/mol. The van der Waals surface area contributed by atoms with Gasteiger partial charge in [-0.3, -0.25) is 4.79 Å². The molecule has 3 rings (SSSR count). The fraction of sp³-hybridized carbons (Fsp3) is 0.176. The topological polar surface area (TPSA) is 55.5 Å². The van der Waals surface area contributed by atoms with E-state index in [-0.39, 0.29) is 31.9 Å². The van der Waals surface area contributed by atoms with Crippen molar-refractivity contribution in [1.82, 2.24) is 0 Å². The van der Waals surface area contributed by atoms with Crippen LogP contribution in [-0.4, -0.2) is 17.8 Å². The molecule has 0 saturated carbocycles. The Balaban J connectivity index is 2.02. The van der Waals surface area contributed by atoms with E-state index in [2.05, 4.69) is 4.40 Å². The standard InChI is InChI=1S/C17H10Cl3F3N2OS/c18-10-4-9(5-11(19)6-10)16(17(21,22)23)7-14(25-27-16)8-1-2-12(15(24)26)13(20)3-8/h1-6H,7H2,(H2,24,26). The van der Waals surface area contributed by atoms with Gasteiger partial charge in [0.15, 0.2) is 4.75 Å². The molecule has 0 spiro atoms. The first kappa shape index (κ1) is 20.3. The second-order valence-corrected chi connectivity index (χ2v) is 8.19. The summed E-state index contributed by atoms with van der Waals surface area (Å²) in [6, 6.07) is 8.02. The van der Waals surface area contributed by atoms with Crippen LogP contribution in [0.1, 0.15) is 27.9 Å². The van der Waals surface area contributed by atoms with Crippen molar-refractivity contribution < 1.29 is 18.0 Å². The third-order valence-electron chi connectivity index (χ3n) is 4.08. The number of nitrogens with zero attached hydrogens (tertiary/aromatic N) is 1. The van der Waals surface area contributed by atoms with Crippen LogP contribution < -0.4 is 5.73 Å². The van der Waals surface area contributed by atoms with Gasteiger partial charge in [0.1, 0.15) is 0 Å². The van der Waals surface area contributed by atoms with E-state index in [1.807, 2.05) is 0 Å². The lowest BCUT2D eigenvalue weighted by molar-refractivity contribution is -0.159. The van der Waals surface area contributed by atoms with E-state index in [0.29, 0.717) is 17.5 Å². The normalized spacial score (nSPS) is 19.9. The highest BCUT2D eigenvalue weighted by atomic mass is 35.5. The highest BCUT2D eigenvalue weighted by molar-refractivity contribution is 7.99. The zero-order valence-corrected chi connectivity index (χ0v) is 16.4. The first-order valence-corrected chi connectivity index (χ1v) is 9.32. The van der Waals surface area contributed by atoms with Crippen molar-refractivity contribution in [3.05, 3.63) is 68.2 Å². The Morgan fingerprint density at radius 2 is 1.74 bits per heavy atom. The number of carbonyl (C=O) groups excluding carboxylic acids is 1. The van der Waals surface area contributed by atoms with Crippen LogP contribution in [0.25, 0.3) is 0 Å². The number of primary amides is 1. The number of amides is 1. The monoisotopic (exact) mass is 452 g/mol. The van der Waals surface area contributed by atoms with Crippen LogP contribution in [-0.2, 0) is 4.75 Å². The number of hydrogen-bond donors (Lipinski definition) is 1. The minimum absolute atomic E-state index is 0.0445. The number of benzene rings is 2. The average Bonchev–Trinajstić information content (AvgIpc) is 3.00. The molecule has 0 aromatic heterocycles. The van der Waals surface area contributed by atoms with Crippen LogP contribution in [0.2, 0.25) is 15.1 Å². The van der Waals surface area contributed by atoms with Crippen LogP contribution in [0.15, 0.2) is 40.8 Å². The van der Waals surface area contributed by atoms with Gasteiger partial charge in [0, 0.05) is 16.5 Å². The van der Waals surface area contributed by atoms with Gasteiger partial charge in [-0.2, -0.15) is 13.2 Å². The number of carbonyl (C=O) groups is 1. The number of alkyl halides is 3. The number of rotatable bonds is 3. The van der Waals surface area contributed by atoms with E-state index in [1.165, 1.54) is 36.4 Å². The summed E-state index contributed by atoms with van der Waals surface area (Å²) in [4.78, 5) is 11.3. The zero-order chi connectivity index (χ0) is 20.0. The third-order valence-corrected chi connectivity index (χ3v) is 6.07. The highest BCUT2D eigenvalue weighted by Crippen LogP contribution is 2.57. The molecule has 2 N–H and O–H groups in total. The molecule has 1 amide bonds. The molecule has 1 unspecified atom stereocenters. The van der Waals surface area contributed by atoms with Crippen molar-refractivity contribution in [1.29, 1.82) is 0 Å². The Bertz CT molecular complexity index is 945. The van der Waals surface area contributed by atoms with E-state index >= 15 is 0 Å². The van der Waals surface area contributed by atoms with Gasteiger partial charge in [0.25, 0.3) is 0 Å². The molecule has 0 aliphatic carbocycles. The molecule has 1 heterocycles. The maximum Gasteiger partial charge on any atom is 0.409 e. The lowest BCUT2D eigenvalue weighted by atomic mass is 9.89. The van der Waals surface area contributed by atoms with E-state index in [4.69, 9.17) is 40.5 Å². The molecule has 3 nitrogen and oxygen atoms in total. The minimum Gasteiger partial charge on any atom is -0.366 e. The first-order valence-electron chi connectivity index (χ1n) is 7.41. The fourth-order valence-corrected chi connectivity index (χ4v) is 4.50. The molecular weight excluding hydrogens is 444 g/mol. The lowest BCUT2D eigenvalue weighted by Crippen LogP contribution is -2.38. The van der Waals surface area contributed by atoms with E-state index in [0.717, 1.165) is 0 Å². The molecule has 10 heteroatoms. The van der Waals surface area contributed by atoms with Gasteiger partial charge in [-0.15, -0.1) is 0 Å². The van der Waals surface area contributed by atoms with Crippen LogP contribution in [0, 0.1) is 0 Å². The van der Waals surface area contributed by atoms with Crippen molar-refractivity contribution >= 4 is 58.4 Å². The maximum absolute atomic E-state index is 14.0. The molecule has 1 aliphatic heterocycles. The minimum atomic E-state index is -4.62. The van der Waals surface area contributed by atoms with Gasteiger partial charge in [-0.25, -0.2) is 4.40 Å². The molecule has 2 aromatic rings. The van der Waals surface area contributed by atoms with Crippen LogP contribution in [0.4, 0.5) is 13.2 Å². The summed E-state index contributed by atoms with van der Waals surface area (Å²) in [6.45, 7) is 0. The number of hydrogen-bond acceptors (Lipinski definition) is 3. The Labute approximate surface area is 171 Å². The Morgan fingerprint density at radius 3 is 2.26 bits per heavy atom. The quantitative estimate of drug-likeness (QED) is 0.576. The van der Waals surface area contributed by atoms with Gasteiger partial charge in [0.2, 0.25) is 5.91 Å². The molecule has 1 atom stereocenters. The molecule has 0 saturated heterocycles. The van der Waals surface area contributed by atoms with Gasteiger partial charge >= 0.3 is 6.18 Å². The molecule has 0 fully saturated rings. The summed E-state index contributed by atoms with van der Waals surface area (Å²) in [5.41, 5.74) is 5.74. The van der Waals surface area contributed by atoms with Gasteiger partial charge in [-0.1, -0.05) is 40.9 Å². The molecule has 1 aliphatic rings. The molecule has 0 radical (unpaired) electrons. The van der Waals surface area contributed by atoms with Crippen molar-refractivity contribution in [2.24, 2.45) is 10.1 Å². The molecule has 2 aromatic carbocycles. The SMILES string of the molecule is NC(=O)c1ccc(C2=NSC(c3cc(Cl)cc(Cl)c3)(C(F)(F)F)C2)cc1Cl. The Kier molecular flexibility index (Phi) is 5.42. The molecule has 0 bridgehead atoms. The number of halogens is 6. The van der Waals surface area contributed by atoms with Crippen LogP contribution >= 0.6 is 46.8 Å². The third kappa shape index (κ3) is 3.78. The second-order valence-electron chi connectivity index (χ2n) is 5.85. The van der Waals surface area contributed by atoms with Crippen LogP contribution in [0.5, 0.6) is 0 Å². The first-order chi connectivity index (χ1) is 12.5. The fourth-order valence-electron chi connectivity index (χ4n) is 2.74. The van der Waals surface area contributed by atoms with Crippen LogP contribution in [0.3, 0.4) is 0 Å². The lowest BCUT2D eigenvalue weighted by Gasteiger charge is -2.30. The van der Waals surface area contributed by atoms with Crippen molar-refractivity contribution in [2.45, 2.75) is 17.3 Å². The van der Waals surface area contributed by atoms with Gasteiger partial charge in [-0.05, 0) is 53.4 Å². The van der Waals surface area contributed by atoms with Gasteiger partial charge in [0.05, 0.1) is 16.3 Å². The molecular formula is C17H10Cl3F3N2OS. The molecule has 27 heavy (non-hydrogen) atoms. The number of nitrogens with two attached hydrogens (primary N) is 1. The largest absolute Gasteiger partial charge is 0.409 e. The predicted octanol–water partition coefficient (Wildman–Crippen LogP) is 6.04. The Hall–Kier alpha value is -1.41. The summed E-state index contributed by atoms with van der Waals surface area (Å²) in [5.74, 6) is -0.729. The second kappa shape index (κ2) is 7.20. The van der Waals surface area contributed by atoms with E-state index < -0.39 is 23.3 Å². The van der Waals surface area contributed by atoms with Crippen molar-refractivity contribution in [3.63, 3.8) is 0 Å². The Morgan fingerprint density at radius 1 is 1.11 bits per heavy atom. The zero-order valence-electron chi connectivity index (χ0n) is 13.3. The summed E-state index contributed by atoms with van der Waals surface area (Å²) < 4.78 is 43.8. The van der Waals surface area contributed by atoms with E-state index in [1.54, 1.807) is 0 Å². The van der Waals surface area contributed by atoms with Gasteiger partial charge < -0.3 is 5.73 Å². The van der Waals surface area contributed by atoms with E-state index in [9.17, 15) is 18.0 Å². The summed E-state index contributed by atoms with van der Waals surface area (Å²) in [6.07, 6.45) is -5.06. The summed E-state index contributed by atoms with van der Waals surface area (Å²) in [5, 5.41) is 0.246. The molecule has 142 valence electrons. The summed E-state index contributed by atoms with van der Waals surface area (Å²) in [7, 11) is 0. The predicted molar refractivity (Wildman–Crippen MR) is 103 cm³/mol. The summed E-state index contributed by atoms with van der Waals surface area (Å²) >= 11 is 18.2. The maximum atomic E-state index is 14.0. The highest BCUT2D eigenvalue weighted by Gasteiger charge is 2.60. The smallest absolute Gasteiger partial charge is 0.366 e. The van der Waals surface area contributed by atoms with Crippen molar-refractivity contribution in [3.8, 4) is 0 Å².